The van der Waals surface area contributed by atoms with Gasteiger partial charge in [-0.2, -0.15) is 0 Å². The summed E-state index contributed by atoms with van der Waals surface area (Å²) in [6, 6.07) is 5.97. The summed E-state index contributed by atoms with van der Waals surface area (Å²) in [4.78, 5) is 3.97. The van der Waals surface area contributed by atoms with Gasteiger partial charge in [0, 0.05) is 23.4 Å². The zero-order valence-electron chi connectivity index (χ0n) is 10.9. The molecule has 0 atom stereocenters. The normalized spacial score (nSPS) is 10.6. The van der Waals surface area contributed by atoms with E-state index in [4.69, 9.17) is 9.47 Å². The lowest BCUT2D eigenvalue weighted by Gasteiger charge is -2.10. The molecule has 4 nitrogen and oxygen atoms in total. The van der Waals surface area contributed by atoms with Gasteiger partial charge >= 0.3 is 0 Å². The smallest absolute Gasteiger partial charge is 0.122 e. The molecule has 1 aromatic carbocycles. The Hall–Kier alpha value is -1.33. The number of nitrogens with zero attached hydrogens (tertiary/aromatic N) is 2. The quantitative estimate of drug-likeness (QED) is 0.734. The van der Waals surface area contributed by atoms with Crippen molar-refractivity contribution in [3.05, 3.63) is 47.0 Å². The maximum atomic E-state index is 5.66. The Morgan fingerprint density at radius 3 is 2.89 bits per heavy atom. The number of aromatic nitrogens is 2. The van der Waals surface area contributed by atoms with E-state index in [0.29, 0.717) is 19.8 Å². The number of hydrogen-bond donors (Lipinski definition) is 0. The maximum absolute atomic E-state index is 5.66. The molecule has 5 heteroatoms. The summed E-state index contributed by atoms with van der Waals surface area (Å²) in [7, 11) is 0. The minimum absolute atomic E-state index is 0.562. The minimum Gasteiger partial charge on any atom is -0.491 e. The lowest BCUT2D eigenvalue weighted by atomic mass is 10.2. The summed E-state index contributed by atoms with van der Waals surface area (Å²) in [6.07, 6.45) is 5.47. The maximum Gasteiger partial charge on any atom is 0.122 e. The summed E-state index contributed by atoms with van der Waals surface area (Å²) < 4.78 is 14.2. The predicted molar refractivity (Wildman–Crippen MR) is 77.4 cm³/mol. The molecule has 0 radical (unpaired) electrons. The van der Waals surface area contributed by atoms with E-state index in [9.17, 15) is 0 Å². The van der Waals surface area contributed by atoms with Crippen molar-refractivity contribution in [1.82, 2.24) is 9.55 Å². The molecule has 0 bridgehead atoms. The highest BCUT2D eigenvalue weighted by Gasteiger charge is 1.99. The van der Waals surface area contributed by atoms with Gasteiger partial charge in [-0.1, -0.05) is 15.9 Å². The van der Waals surface area contributed by atoms with Crippen molar-refractivity contribution in [2.75, 3.05) is 19.8 Å². The number of benzene rings is 1. The second kappa shape index (κ2) is 7.31. The van der Waals surface area contributed by atoms with Crippen LogP contribution in [0.1, 0.15) is 5.56 Å². The molecule has 0 N–H and O–H groups in total. The molecule has 0 aliphatic carbocycles. The van der Waals surface area contributed by atoms with Gasteiger partial charge in [-0.05, 0) is 30.7 Å². The predicted octanol–water partition coefficient (Wildman–Crippen LogP) is 3.05. The van der Waals surface area contributed by atoms with Crippen LogP contribution in [0.15, 0.2) is 41.4 Å². The van der Waals surface area contributed by atoms with Crippen LogP contribution in [0, 0.1) is 6.92 Å². The van der Waals surface area contributed by atoms with Gasteiger partial charge in [0.25, 0.3) is 0 Å². The first-order chi connectivity index (χ1) is 9.25. The van der Waals surface area contributed by atoms with E-state index in [1.807, 2.05) is 35.9 Å². The fourth-order valence-corrected chi connectivity index (χ4v) is 2.15. The topological polar surface area (TPSA) is 36.3 Å². The molecule has 0 spiro atoms. The van der Waals surface area contributed by atoms with E-state index in [1.54, 1.807) is 12.5 Å². The van der Waals surface area contributed by atoms with Crippen LogP contribution in [-0.2, 0) is 11.3 Å². The second-order valence-corrected chi connectivity index (χ2v) is 5.09. The number of ether oxygens (including phenoxy) is 2. The van der Waals surface area contributed by atoms with E-state index in [0.717, 1.165) is 22.3 Å². The number of hydrogen-bond acceptors (Lipinski definition) is 3. The van der Waals surface area contributed by atoms with Crippen molar-refractivity contribution >= 4 is 15.9 Å². The summed E-state index contributed by atoms with van der Waals surface area (Å²) in [5.74, 6) is 0.904. The third-order valence-electron chi connectivity index (χ3n) is 2.68. The minimum atomic E-state index is 0.562. The van der Waals surface area contributed by atoms with E-state index in [1.165, 1.54) is 0 Å². The van der Waals surface area contributed by atoms with Crippen LogP contribution < -0.4 is 4.74 Å². The summed E-state index contributed by atoms with van der Waals surface area (Å²) in [5.41, 5.74) is 1.12. The molecule has 2 rings (SSSR count). The highest BCUT2D eigenvalue weighted by molar-refractivity contribution is 9.10. The van der Waals surface area contributed by atoms with Gasteiger partial charge in [-0.3, -0.25) is 0 Å². The van der Waals surface area contributed by atoms with Gasteiger partial charge < -0.3 is 14.0 Å². The molecule has 2 aromatic rings. The van der Waals surface area contributed by atoms with Crippen LogP contribution >= 0.6 is 15.9 Å². The molecular weight excluding hydrogens is 308 g/mol. The Bertz CT molecular complexity index is 500. The first-order valence-corrected chi connectivity index (χ1v) is 6.97. The summed E-state index contributed by atoms with van der Waals surface area (Å²) >= 11 is 3.43. The Kier molecular flexibility index (Phi) is 5.42. The van der Waals surface area contributed by atoms with Crippen LogP contribution in [0.5, 0.6) is 5.75 Å². The highest BCUT2D eigenvalue weighted by Crippen LogP contribution is 2.21. The molecule has 0 unspecified atom stereocenters. The fourth-order valence-electron chi connectivity index (χ4n) is 1.68. The first kappa shape index (κ1) is 14.1. The Morgan fingerprint density at radius 2 is 2.16 bits per heavy atom. The molecule has 0 saturated heterocycles. The molecule has 0 aliphatic rings. The van der Waals surface area contributed by atoms with Gasteiger partial charge in [0.15, 0.2) is 0 Å². The number of aryl methyl sites for hydroxylation is 1. The standard InChI is InChI=1S/C14H17BrN2O2/c1-12-10-13(15)2-3-14(12)19-9-8-18-7-6-17-5-4-16-11-17/h2-5,10-11H,6-9H2,1H3. The molecule has 1 heterocycles. The van der Waals surface area contributed by atoms with Crippen molar-refractivity contribution in [3.63, 3.8) is 0 Å². The lowest BCUT2D eigenvalue weighted by Crippen LogP contribution is -2.11. The van der Waals surface area contributed by atoms with E-state index >= 15 is 0 Å². The molecular formula is C14H17BrN2O2. The average Bonchev–Trinajstić information content (AvgIpc) is 2.89. The molecule has 0 aliphatic heterocycles. The summed E-state index contributed by atoms with van der Waals surface area (Å²) in [5, 5.41) is 0. The van der Waals surface area contributed by atoms with Gasteiger partial charge in [0.05, 0.1) is 19.5 Å². The third kappa shape index (κ3) is 4.69. The zero-order chi connectivity index (χ0) is 13.5. The molecule has 0 amide bonds. The van der Waals surface area contributed by atoms with Crippen molar-refractivity contribution in [2.45, 2.75) is 13.5 Å². The van der Waals surface area contributed by atoms with Crippen LogP contribution in [0.3, 0.4) is 0 Å². The second-order valence-electron chi connectivity index (χ2n) is 4.17. The number of halogens is 1. The monoisotopic (exact) mass is 324 g/mol. The molecule has 102 valence electrons. The SMILES string of the molecule is Cc1cc(Br)ccc1OCCOCCn1ccnc1. The van der Waals surface area contributed by atoms with Crippen molar-refractivity contribution < 1.29 is 9.47 Å². The lowest BCUT2D eigenvalue weighted by molar-refractivity contribution is 0.0941. The fraction of sp³-hybridized carbons (Fsp3) is 0.357. The molecule has 0 saturated carbocycles. The highest BCUT2D eigenvalue weighted by atomic mass is 79.9. The first-order valence-electron chi connectivity index (χ1n) is 6.18. The van der Waals surface area contributed by atoms with Gasteiger partial charge in [0.2, 0.25) is 0 Å². The third-order valence-corrected chi connectivity index (χ3v) is 3.17. The van der Waals surface area contributed by atoms with Gasteiger partial charge in [-0.15, -0.1) is 0 Å². The number of imidazole rings is 1. The molecule has 1 aromatic heterocycles. The van der Waals surface area contributed by atoms with Crippen molar-refractivity contribution in [3.8, 4) is 5.75 Å². The largest absolute Gasteiger partial charge is 0.491 e. The Morgan fingerprint density at radius 1 is 1.26 bits per heavy atom. The molecule has 19 heavy (non-hydrogen) atoms. The van der Waals surface area contributed by atoms with Crippen LogP contribution in [0.2, 0.25) is 0 Å². The van der Waals surface area contributed by atoms with Crippen molar-refractivity contribution in [2.24, 2.45) is 0 Å². The van der Waals surface area contributed by atoms with Crippen molar-refractivity contribution in [1.29, 1.82) is 0 Å². The van der Waals surface area contributed by atoms with Crippen LogP contribution in [0.4, 0.5) is 0 Å². The van der Waals surface area contributed by atoms with E-state index < -0.39 is 0 Å². The van der Waals surface area contributed by atoms with Gasteiger partial charge in [-0.25, -0.2) is 4.98 Å². The van der Waals surface area contributed by atoms with Crippen LogP contribution in [0.25, 0.3) is 0 Å². The average molecular weight is 325 g/mol. The van der Waals surface area contributed by atoms with E-state index in [2.05, 4.69) is 20.9 Å². The summed E-state index contributed by atoms with van der Waals surface area (Å²) in [6.45, 7) is 4.66. The zero-order valence-corrected chi connectivity index (χ0v) is 12.5. The van der Waals surface area contributed by atoms with Crippen LogP contribution in [-0.4, -0.2) is 29.4 Å². The Labute approximate surface area is 121 Å². The van der Waals surface area contributed by atoms with Gasteiger partial charge in [0.1, 0.15) is 12.4 Å². The molecule has 0 fully saturated rings. The number of rotatable bonds is 7. The van der Waals surface area contributed by atoms with E-state index in [-0.39, 0.29) is 0 Å². The Balaban J connectivity index is 1.61.